The maximum absolute atomic E-state index is 12.2. The molecule has 1 aromatic rings. The largest absolute Gasteiger partial charge is 0.493 e. The van der Waals surface area contributed by atoms with Crippen molar-refractivity contribution >= 4 is 21.8 Å². The summed E-state index contributed by atoms with van der Waals surface area (Å²) in [7, 11) is 0.0624. The highest BCUT2D eigenvalue weighted by molar-refractivity contribution is 7.91. The van der Waals surface area contributed by atoms with Crippen LogP contribution in [0.5, 0.6) is 11.5 Å². The Kier molecular flexibility index (Phi) is 6.04. The van der Waals surface area contributed by atoms with Gasteiger partial charge in [-0.1, -0.05) is 6.07 Å². The maximum atomic E-state index is 12.2. The van der Waals surface area contributed by atoms with E-state index in [2.05, 4.69) is 0 Å². The molecule has 134 valence electrons. The average molecular weight is 364 g/mol. The van der Waals surface area contributed by atoms with Crippen LogP contribution < -0.4 is 9.47 Å². The average Bonchev–Trinajstić information content (AvgIpc) is 2.97. The Balaban J connectivity index is 2.05. The van der Waals surface area contributed by atoms with Crippen molar-refractivity contribution in [3.05, 3.63) is 29.8 Å². The van der Waals surface area contributed by atoms with E-state index in [0.29, 0.717) is 17.9 Å². The van der Waals surface area contributed by atoms with Crippen molar-refractivity contribution in [2.45, 2.75) is 12.5 Å². The van der Waals surface area contributed by atoms with E-state index >= 15 is 0 Å². The molecule has 25 heavy (non-hydrogen) atoms. The van der Waals surface area contributed by atoms with Crippen LogP contribution in [0.1, 0.15) is 12.0 Å². The predicted octanol–water partition coefficient (Wildman–Crippen LogP) is 1.26. The van der Waals surface area contributed by atoms with E-state index in [-0.39, 0.29) is 30.1 Å². The summed E-state index contributed by atoms with van der Waals surface area (Å²) in [6.45, 7) is -0.0842. The van der Waals surface area contributed by atoms with Gasteiger partial charge in [-0.15, -0.1) is 0 Å². The van der Waals surface area contributed by atoms with Gasteiger partial charge in [0, 0.05) is 19.2 Å². The summed E-state index contributed by atoms with van der Waals surface area (Å²) in [4.78, 5) is 13.7. The number of hydrogen-bond donors (Lipinski definition) is 0. The molecule has 0 bridgehead atoms. The number of methoxy groups -OCH3 is 1. The number of likely N-dealkylation sites (N-methyl/N-ethyl adjacent to an activating group) is 1. The van der Waals surface area contributed by atoms with Crippen molar-refractivity contribution in [2.75, 3.05) is 32.3 Å². The molecule has 0 aromatic heterocycles. The van der Waals surface area contributed by atoms with Gasteiger partial charge in [-0.3, -0.25) is 4.79 Å². The molecule has 1 aliphatic heterocycles. The van der Waals surface area contributed by atoms with E-state index in [9.17, 15) is 13.2 Å². The number of amides is 1. The number of hydrogen-bond acceptors (Lipinski definition) is 6. The molecule has 1 heterocycles. The molecule has 8 heteroatoms. The van der Waals surface area contributed by atoms with Crippen LogP contribution in [-0.2, 0) is 14.6 Å². The van der Waals surface area contributed by atoms with Crippen LogP contribution in [0, 0.1) is 11.3 Å². The predicted molar refractivity (Wildman–Crippen MR) is 93.0 cm³/mol. The number of ether oxygens (including phenoxy) is 2. The van der Waals surface area contributed by atoms with Gasteiger partial charge >= 0.3 is 0 Å². The normalized spacial score (nSPS) is 18.7. The zero-order chi connectivity index (χ0) is 18.4. The molecular formula is C17H20N2O5S. The Labute approximate surface area is 147 Å². The van der Waals surface area contributed by atoms with Crippen LogP contribution >= 0.6 is 0 Å². The van der Waals surface area contributed by atoms with Gasteiger partial charge in [-0.05, 0) is 30.2 Å². The number of sulfone groups is 1. The number of rotatable bonds is 6. The fraction of sp³-hybridized carbons (Fsp3) is 0.412. The van der Waals surface area contributed by atoms with E-state index in [4.69, 9.17) is 14.7 Å². The van der Waals surface area contributed by atoms with Gasteiger partial charge in [0.05, 0.1) is 18.6 Å². The standard InChI is InChI=1S/C17H20N2O5S/c1-19(14-7-10-25(21,22)12-14)17(20)6-4-13-3-5-15(24-9-8-18)16(11-13)23-2/h3-6,11,14H,7,9-10,12H2,1-2H3/b6-4+. The highest BCUT2D eigenvalue weighted by Gasteiger charge is 2.32. The van der Waals surface area contributed by atoms with Crippen molar-refractivity contribution in [1.29, 1.82) is 5.26 Å². The zero-order valence-electron chi connectivity index (χ0n) is 14.1. The van der Waals surface area contributed by atoms with Gasteiger partial charge in [0.1, 0.15) is 6.07 Å². The first kappa shape index (κ1) is 18.8. The molecule has 1 saturated heterocycles. The number of carbonyl (C=O) groups is 1. The van der Waals surface area contributed by atoms with E-state index in [1.807, 2.05) is 6.07 Å². The molecule has 7 nitrogen and oxygen atoms in total. The first-order chi connectivity index (χ1) is 11.9. The van der Waals surface area contributed by atoms with Crippen LogP contribution in [0.25, 0.3) is 6.08 Å². The van der Waals surface area contributed by atoms with Gasteiger partial charge in [0.2, 0.25) is 5.91 Å². The molecule has 1 unspecified atom stereocenters. The molecule has 1 amide bonds. The highest BCUT2D eigenvalue weighted by atomic mass is 32.2. The summed E-state index contributed by atoms with van der Waals surface area (Å²) in [5, 5.41) is 8.56. The van der Waals surface area contributed by atoms with Crippen LogP contribution in [0.15, 0.2) is 24.3 Å². The second-order valence-electron chi connectivity index (χ2n) is 5.70. The molecular weight excluding hydrogens is 344 g/mol. The van der Waals surface area contributed by atoms with Crippen molar-refractivity contribution < 1.29 is 22.7 Å². The van der Waals surface area contributed by atoms with E-state index < -0.39 is 9.84 Å². The first-order valence-corrected chi connectivity index (χ1v) is 9.51. The van der Waals surface area contributed by atoms with Gasteiger partial charge in [-0.25, -0.2) is 8.42 Å². The number of benzene rings is 1. The Morgan fingerprint density at radius 3 is 2.80 bits per heavy atom. The molecule has 0 saturated carbocycles. The number of nitrogens with zero attached hydrogens (tertiary/aromatic N) is 2. The lowest BCUT2D eigenvalue weighted by molar-refractivity contribution is -0.126. The minimum Gasteiger partial charge on any atom is -0.493 e. The fourth-order valence-corrected chi connectivity index (χ4v) is 4.34. The zero-order valence-corrected chi connectivity index (χ0v) is 15.0. The fourth-order valence-electron chi connectivity index (χ4n) is 2.56. The third-order valence-electron chi connectivity index (χ3n) is 4.00. The number of carbonyl (C=O) groups excluding carboxylic acids is 1. The molecule has 0 spiro atoms. The van der Waals surface area contributed by atoms with Crippen molar-refractivity contribution in [3.8, 4) is 17.6 Å². The molecule has 1 atom stereocenters. The molecule has 1 aliphatic rings. The summed E-state index contributed by atoms with van der Waals surface area (Å²) in [5.74, 6) is 0.786. The van der Waals surface area contributed by atoms with Crippen molar-refractivity contribution in [1.82, 2.24) is 4.90 Å². The summed E-state index contributed by atoms with van der Waals surface area (Å²) in [5.41, 5.74) is 0.724. The Bertz CT molecular complexity index is 811. The maximum Gasteiger partial charge on any atom is 0.246 e. The van der Waals surface area contributed by atoms with Gasteiger partial charge in [-0.2, -0.15) is 5.26 Å². The van der Waals surface area contributed by atoms with Crippen molar-refractivity contribution in [2.24, 2.45) is 0 Å². The van der Waals surface area contributed by atoms with E-state index in [0.717, 1.165) is 5.56 Å². The van der Waals surface area contributed by atoms with E-state index in [1.165, 1.54) is 18.1 Å². The van der Waals surface area contributed by atoms with Crippen LogP contribution in [0.2, 0.25) is 0 Å². The topological polar surface area (TPSA) is 96.7 Å². The molecule has 0 N–H and O–H groups in total. The lowest BCUT2D eigenvalue weighted by Gasteiger charge is -2.21. The van der Waals surface area contributed by atoms with E-state index in [1.54, 1.807) is 31.3 Å². The van der Waals surface area contributed by atoms with Gasteiger partial charge in [0.25, 0.3) is 0 Å². The lowest BCUT2D eigenvalue weighted by Crippen LogP contribution is -2.36. The third-order valence-corrected chi connectivity index (χ3v) is 5.75. The summed E-state index contributed by atoms with van der Waals surface area (Å²) in [6.07, 6.45) is 3.49. The Morgan fingerprint density at radius 2 is 2.20 bits per heavy atom. The highest BCUT2D eigenvalue weighted by Crippen LogP contribution is 2.28. The van der Waals surface area contributed by atoms with Gasteiger partial charge in [0.15, 0.2) is 27.9 Å². The quantitative estimate of drug-likeness (QED) is 0.705. The van der Waals surface area contributed by atoms with Crippen molar-refractivity contribution in [3.63, 3.8) is 0 Å². The lowest BCUT2D eigenvalue weighted by atomic mass is 10.1. The Hall–Kier alpha value is -2.53. The molecule has 1 fully saturated rings. The third kappa shape index (κ3) is 4.97. The van der Waals surface area contributed by atoms with Crippen LogP contribution in [0.3, 0.4) is 0 Å². The van der Waals surface area contributed by atoms with Crippen LogP contribution in [0.4, 0.5) is 0 Å². The van der Waals surface area contributed by atoms with Crippen LogP contribution in [-0.4, -0.2) is 57.5 Å². The monoisotopic (exact) mass is 364 g/mol. The second kappa shape index (κ2) is 8.03. The molecule has 0 aliphatic carbocycles. The number of nitriles is 1. The molecule has 2 rings (SSSR count). The smallest absolute Gasteiger partial charge is 0.246 e. The summed E-state index contributed by atoms with van der Waals surface area (Å²) < 4.78 is 33.5. The second-order valence-corrected chi connectivity index (χ2v) is 7.93. The minimum absolute atomic E-state index is 0.0157. The summed E-state index contributed by atoms with van der Waals surface area (Å²) in [6, 6.07) is 6.69. The first-order valence-electron chi connectivity index (χ1n) is 7.69. The Morgan fingerprint density at radius 1 is 1.44 bits per heavy atom. The summed E-state index contributed by atoms with van der Waals surface area (Å²) >= 11 is 0. The SMILES string of the molecule is COc1cc(/C=C/C(=O)N(C)C2CCS(=O)(=O)C2)ccc1OCC#N. The van der Waals surface area contributed by atoms with Gasteiger partial charge < -0.3 is 14.4 Å². The minimum atomic E-state index is -3.03. The molecule has 1 aromatic carbocycles. The molecule has 0 radical (unpaired) electrons.